The highest BCUT2D eigenvalue weighted by molar-refractivity contribution is 7.48. The molecular formula is C36H61N6O6P. The fraction of sp³-hybridized carbons (Fsp3) is 0.694. The number of nitrogens with two attached hydrogens (primary N) is 2. The molecule has 2 aromatic heterocycles. The highest BCUT2D eigenvalue weighted by Gasteiger charge is 2.27. The molecule has 0 spiro atoms. The van der Waals surface area contributed by atoms with E-state index in [2.05, 4.69) is 21.9 Å². The maximum atomic E-state index is 13.5. The molecular weight excluding hydrogens is 643 g/mol. The Balaban J connectivity index is 1.25. The van der Waals surface area contributed by atoms with Gasteiger partial charge in [-0.2, -0.15) is 9.97 Å². The Morgan fingerprint density at radius 2 is 1.37 bits per heavy atom. The predicted molar refractivity (Wildman–Crippen MR) is 196 cm³/mol. The van der Waals surface area contributed by atoms with Gasteiger partial charge in [-0.3, -0.25) is 13.6 Å². The van der Waals surface area contributed by atoms with Crippen LogP contribution in [0.3, 0.4) is 0 Å². The number of anilines is 2. The number of unbranched alkanes of at least 4 members (excludes halogenated alkanes) is 15. The van der Waals surface area contributed by atoms with Crippen molar-refractivity contribution < 1.29 is 27.6 Å². The molecule has 2 heterocycles. The number of nitrogen functional groups attached to an aromatic ring is 2. The predicted octanol–water partition coefficient (Wildman–Crippen LogP) is 8.99. The number of imidazole rings is 1. The first kappa shape index (κ1) is 40.8. The third-order valence-corrected chi connectivity index (χ3v) is 9.74. The molecule has 0 aliphatic heterocycles. The standard InChI is InChI=1S/C36H61N6O6P/c1-3-4-5-6-7-8-9-10-11-12-13-14-15-16-17-21-24-44-25-26-46-49(43,47-28-32-22-19-18-20-23-32)48-30-45-31(2)27-42-29-39-33-34(37)40-36(38)41-35(33)42/h18-20,22-23,29,31H,3-17,21,24-28,30H2,1-2H3,(H4,37,38,40,41)/t31-,49?/m1/s1. The van der Waals surface area contributed by atoms with E-state index in [1.165, 1.54) is 89.9 Å². The third kappa shape index (κ3) is 17.3. The first-order valence-electron chi connectivity index (χ1n) is 18.4. The van der Waals surface area contributed by atoms with Gasteiger partial charge in [0.25, 0.3) is 0 Å². The first-order chi connectivity index (χ1) is 23.9. The largest absolute Gasteiger partial charge is 0.477 e. The van der Waals surface area contributed by atoms with E-state index in [4.69, 9.17) is 34.5 Å². The fourth-order valence-electron chi connectivity index (χ4n) is 5.56. The van der Waals surface area contributed by atoms with Crippen LogP contribution in [0.4, 0.5) is 11.8 Å². The van der Waals surface area contributed by atoms with Crippen molar-refractivity contribution in [2.75, 3.05) is 38.1 Å². The topological polar surface area (TPSA) is 159 Å². The Morgan fingerprint density at radius 3 is 2.00 bits per heavy atom. The molecule has 276 valence electrons. The van der Waals surface area contributed by atoms with Gasteiger partial charge in [0, 0.05) is 6.61 Å². The minimum Gasteiger partial charge on any atom is -0.382 e. The van der Waals surface area contributed by atoms with Gasteiger partial charge in [0.2, 0.25) is 5.95 Å². The molecule has 12 nitrogen and oxygen atoms in total. The zero-order valence-corrected chi connectivity index (χ0v) is 30.8. The molecule has 49 heavy (non-hydrogen) atoms. The first-order valence-corrected chi connectivity index (χ1v) is 19.9. The summed E-state index contributed by atoms with van der Waals surface area (Å²) >= 11 is 0. The van der Waals surface area contributed by atoms with Crippen molar-refractivity contribution in [3.05, 3.63) is 42.2 Å². The van der Waals surface area contributed by atoms with E-state index < -0.39 is 7.82 Å². The van der Waals surface area contributed by atoms with Crippen LogP contribution < -0.4 is 11.5 Å². The van der Waals surface area contributed by atoms with Crippen LogP contribution in [0.15, 0.2) is 36.7 Å². The summed E-state index contributed by atoms with van der Waals surface area (Å²) in [6.45, 7) is 5.26. The van der Waals surface area contributed by atoms with Crippen LogP contribution in [-0.4, -0.2) is 52.2 Å². The van der Waals surface area contributed by atoms with Crippen LogP contribution in [0.2, 0.25) is 0 Å². The van der Waals surface area contributed by atoms with Crippen molar-refractivity contribution in [2.24, 2.45) is 0 Å². The van der Waals surface area contributed by atoms with E-state index in [1.54, 1.807) is 10.9 Å². The molecule has 0 amide bonds. The summed E-state index contributed by atoms with van der Waals surface area (Å²) in [6, 6.07) is 9.43. The molecule has 13 heteroatoms. The van der Waals surface area contributed by atoms with Crippen molar-refractivity contribution in [2.45, 2.75) is 136 Å². The molecule has 0 bridgehead atoms. The second kappa shape index (κ2) is 24.5. The molecule has 3 aromatic rings. The molecule has 0 aliphatic carbocycles. The normalized spacial score (nSPS) is 13.6. The zero-order chi connectivity index (χ0) is 35.0. The monoisotopic (exact) mass is 704 g/mol. The van der Waals surface area contributed by atoms with Gasteiger partial charge in [0.05, 0.1) is 38.8 Å². The summed E-state index contributed by atoms with van der Waals surface area (Å²) in [5, 5.41) is 0. The molecule has 0 aliphatic rings. The average Bonchev–Trinajstić information content (AvgIpc) is 3.49. The maximum absolute atomic E-state index is 13.5. The van der Waals surface area contributed by atoms with Crippen molar-refractivity contribution in [1.29, 1.82) is 0 Å². The van der Waals surface area contributed by atoms with Crippen molar-refractivity contribution in [3.8, 4) is 0 Å². The molecule has 0 radical (unpaired) electrons. The van der Waals surface area contributed by atoms with E-state index in [0.29, 0.717) is 30.9 Å². The smallest absolute Gasteiger partial charge is 0.382 e. The van der Waals surface area contributed by atoms with Crippen LogP contribution in [0.1, 0.15) is 122 Å². The number of rotatable bonds is 30. The molecule has 0 saturated heterocycles. The van der Waals surface area contributed by atoms with Gasteiger partial charge in [0.15, 0.2) is 18.3 Å². The minimum atomic E-state index is -3.94. The summed E-state index contributed by atoms with van der Waals surface area (Å²) < 4.78 is 43.5. The van der Waals surface area contributed by atoms with E-state index in [1.807, 2.05) is 37.3 Å². The molecule has 2 atom stereocenters. The second-order valence-corrected chi connectivity index (χ2v) is 14.4. The van der Waals surface area contributed by atoms with Gasteiger partial charge in [-0.15, -0.1) is 0 Å². The summed E-state index contributed by atoms with van der Waals surface area (Å²) in [5.74, 6) is 0.270. The van der Waals surface area contributed by atoms with E-state index in [9.17, 15) is 4.57 Å². The van der Waals surface area contributed by atoms with Gasteiger partial charge in [-0.1, -0.05) is 134 Å². The summed E-state index contributed by atoms with van der Waals surface area (Å²) in [6.07, 6.45) is 22.5. The van der Waals surface area contributed by atoms with Crippen LogP contribution in [-0.2, 0) is 40.8 Å². The molecule has 1 unspecified atom stereocenters. The molecule has 3 rings (SSSR count). The lowest BCUT2D eigenvalue weighted by Gasteiger charge is -2.20. The Morgan fingerprint density at radius 1 is 0.755 bits per heavy atom. The Bertz CT molecular complexity index is 1330. The zero-order valence-electron chi connectivity index (χ0n) is 29.9. The van der Waals surface area contributed by atoms with E-state index >= 15 is 0 Å². The lowest BCUT2D eigenvalue weighted by Crippen LogP contribution is -2.18. The Hall–Kier alpha value is -2.60. The Kier molecular flexibility index (Phi) is 20.4. The third-order valence-electron chi connectivity index (χ3n) is 8.38. The molecule has 4 N–H and O–H groups in total. The quantitative estimate of drug-likeness (QED) is 0.0387. The maximum Gasteiger partial charge on any atom is 0.477 e. The Labute approximate surface area is 293 Å². The number of ether oxygens (including phenoxy) is 2. The molecule has 0 saturated carbocycles. The van der Waals surface area contributed by atoms with Gasteiger partial charge in [-0.25, -0.2) is 9.55 Å². The number of phosphoric ester groups is 1. The summed E-state index contributed by atoms with van der Waals surface area (Å²) in [4.78, 5) is 12.4. The molecule has 0 fully saturated rings. The SMILES string of the molecule is CCCCCCCCCCCCCCCCCCOCCOP(=O)(OCO[C@H](C)Cn1cnc2c(N)nc(N)nc21)OCc1ccccc1. The van der Waals surface area contributed by atoms with Gasteiger partial charge in [-0.05, 0) is 18.9 Å². The van der Waals surface area contributed by atoms with Gasteiger partial charge < -0.3 is 25.5 Å². The lowest BCUT2D eigenvalue weighted by molar-refractivity contribution is -0.0554. The molecule has 1 aromatic carbocycles. The number of fused-ring (bicyclic) bond motifs is 1. The van der Waals surface area contributed by atoms with Crippen LogP contribution >= 0.6 is 7.82 Å². The minimum absolute atomic E-state index is 0.0614. The van der Waals surface area contributed by atoms with Crippen LogP contribution in [0.25, 0.3) is 11.2 Å². The van der Waals surface area contributed by atoms with E-state index in [-0.39, 0.29) is 37.9 Å². The highest BCUT2D eigenvalue weighted by Crippen LogP contribution is 2.50. The second-order valence-electron chi connectivity index (χ2n) is 12.7. The lowest BCUT2D eigenvalue weighted by atomic mass is 10.0. The van der Waals surface area contributed by atoms with Crippen molar-refractivity contribution >= 4 is 30.8 Å². The van der Waals surface area contributed by atoms with Crippen LogP contribution in [0.5, 0.6) is 0 Å². The number of hydrogen-bond donors (Lipinski definition) is 2. The number of hydrogen-bond acceptors (Lipinski definition) is 11. The van der Waals surface area contributed by atoms with Crippen molar-refractivity contribution in [3.63, 3.8) is 0 Å². The number of aromatic nitrogens is 4. The van der Waals surface area contributed by atoms with E-state index in [0.717, 1.165) is 18.4 Å². The summed E-state index contributed by atoms with van der Waals surface area (Å²) in [7, 11) is -3.94. The number of nitrogens with zero attached hydrogens (tertiary/aromatic N) is 4. The van der Waals surface area contributed by atoms with Crippen LogP contribution in [0, 0.1) is 0 Å². The number of phosphoric acid groups is 1. The van der Waals surface area contributed by atoms with Crippen molar-refractivity contribution in [1.82, 2.24) is 19.5 Å². The number of benzene rings is 1. The van der Waals surface area contributed by atoms with Gasteiger partial charge >= 0.3 is 7.82 Å². The fourth-order valence-corrected chi connectivity index (χ4v) is 6.58. The average molecular weight is 705 g/mol. The van der Waals surface area contributed by atoms with Gasteiger partial charge in [0.1, 0.15) is 5.52 Å². The summed E-state index contributed by atoms with van der Waals surface area (Å²) in [5.41, 5.74) is 13.5. The highest BCUT2D eigenvalue weighted by atomic mass is 31.2.